The minimum Gasteiger partial charge on any atom is -0.326 e. The SMILES string of the molecule is O=C1CC(C(=O)Nc2cc(C(F)(F)F)ccn2)c2ccccc2N1. The summed E-state index contributed by atoms with van der Waals surface area (Å²) in [6.07, 6.45) is -3.64. The van der Waals surface area contributed by atoms with E-state index in [9.17, 15) is 22.8 Å². The zero-order chi connectivity index (χ0) is 17.3. The van der Waals surface area contributed by atoms with Crippen molar-refractivity contribution in [3.8, 4) is 0 Å². The average Bonchev–Trinajstić information content (AvgIpc) is 2.53. The lowest BCUT2D eigenvalue weighted by Gasteiger charge is -2.24. The number of halogens is 3. The maximum atomic E-state index is 12.7. The van der Waals surface area contributed by atoms with E-state index in [4.69, 9.17) is 0 Å². The Hall–Kier alpha value is -2.90. The van der Waals surface area contributed by atoms with E-state index in [0.717, 1.165) is 18.3 Å². The Balaban J connectivity index is 1.85. The third-order valence-corrected chi connectivity index (χ3v) is 3.65. The van der Waals surface area contributed by atoms with Gasteiger partial charge in [-0.05, 0) is 23.8 Å². The van der Waals surface area contributed by atoms with Gasteiger partial charge in [-0.15, -0.1) is 0 Å². The monoisotopic (exact) mass is 335 g/mol. The first kappa shape index (κ1) is 16.0. The number of alkyl halides is 3. The van der Waals surface area contributed by atoms with E-state index >= 15 is 0 Å². The number of nitrogens with zero attached hydrogens (tertiary/aromatic N) is 1. The number of hydrogen-bond donors (Lipinski definition) is 2. The number of anilines is 2. The molecular formula is C16H12F3N3O2. The Morgan fingerprint density at radius 2 is 2.00 bits per heavy atom. The number of fused-ring (bicyclic) bond motifs is 1. The number of hydrogen-bond acceptors (Lipinski definition) is 3. The molecule has 0 aliphatic carbocycles. The quantitative estimate of drug-likeness (QED) is 0.885. The van der Waals surface area contributed by atoms with E-state index in [1.807, 2.05) is 0 Å². The minimum atomic E-state index is -4.53. The van der Waals surface area contributed by atoms with E-state index in [1.165, 1.54) is 0 Å². The number of pyridine rings is 1. The summed E-state index contributed by atoms with van der Waals surface area (Å²) in [4.78, 5) is 27.9. The maximum absolute atomic E-state index is 12.7. The van der Waals surface area contributed by atoms with Crippen LogP contribution >= 0.6 is 0 Å². The number of nitrogens with one attached hydrogen (secondary N) is 2. The molecule has 1 unspecified atom stereocenters. The first-order chi connectivity index (χ1) is 11.3. The molecule has 2 amide bonds. The smallest absolute Gasteiger partial charge is 0.326 e. The molecule has 0 saturated heterocycles. The van der Waals surface area contributed by atoms with E-state index in [2.05, 4.69) is 15.6 Å². The number of para-hydroxylation sites is 1. The lowest BCUT2D eigenvalue weighted by atomic mass is 9.90. The number of aromatic nitrogens is 1. The van der Waals surface area contributed by atoms with Gasteiger partial charge in [-0.3, -0.25) is 9.59 Å². The predicted molar refractivity (Wildman–Crippen MR) is 80.3 cm³/mol. The van der Waals surface area contributed by atoms with Crippen LogP contribution in [0, 0.1) is 0 Å². The molecule has 0 saturated carbocycles. The molecule has 1 aromatic carbocycles. The molecule has 1 aliphatic rings. The van der Waals surface area contributed by atoms with Crippen molar-refractivity contribution < 1.29 is 22.8 Å². The lowest BCUT2D eigenvalue weighted by molar-refractivity contribution is -0.137. The zero-order valence-electron chi connectivity index (χ0n) is 12.2. The third kappa shape index (κ3) is 3.22. The third-order valence-electron chi connectivity index (χ3n) is 3.65. The van der Waals surface area contributed by atoms with Gasteiger partial charge in [-0.25, -0.2) is 4.98 Å². The Morgan fingerprint density at radius 3 is 2.75 bits per heavy atom. The molecule has 2 N–H and O–H groups in total. The van der Waals surface area contributed by atoms with Crippen LogP contribution in [-0.4, -0.2) is 16.8 Å². The van der Waals surface area contributed by atoms with E-state index in [-0.39, 0.29) is 18.1 Å². The number of amides is 2. The van der Waals surface area contributed by atoms with Gasteiger partial charge in [-0.2, -0.15) is 13.2 Å². The Labute approximate surface area is 134 Å². The topological polar surface area (TPSA) is 71.1 Å². The average molecular weight is 335 g/mol. The molecule has 0 radical (unpaired) electrons. The van der Waals surface area contributed by atoms with Gasteiger partial charge in [0, 0.05) is 18.3 Å². The second-order valence-electron chi connectivity index (χ2n) is 5.31. The van der Waals surface area contributed by atoms with E-state index < -0.39 is 23.6 Å². The van der Waals surface area contributed by atoms with Crippen molar-refractivity contribution >= 4 is 23.3 Å². The number of benzene rings is 1. The molecule has 3 rings (SSSR count). The highest BCUT2D eigenvalue weighted by Crippen LogP contribution is 2.33. The van der Waals surface area contributed by atoms with Crippen molar-refractivity contribution in [2.24, 2.45) is 0 Å². The molecule has 0 bridgehead atoms. The van der Waals surface area contributed by atoms with Crippen LogP contribution < -0.4 is 10.6 Å². The highest BCUT2D eigenvalue weighted by atomic mass is 19.4. The van der Waals surface area contributed by atoms with Crippen molar-refractivity contribution in [2.75, 3.05) is 10.6 Å². The molecule has 24 heavy (non-hydrogen) atoms. The highest BCUT2D eigenvalue weighted by Gasteiger charge is 2.33. The van der Waals surface area contributed by atoms with Gasteiger partial charge in [0.2, 0.25) is 11.8 Å². The van der Waals surface area contributed by atoms with Gasteiger partial charge in [0.15, 0.2) is 0 Å². The van der Waals surface area contributed by atoms with Crippen LogP contribution in [0.5, 0.6) is 0 Å². The summed E-state index contributed by atoms with van der Waals surface area (Å²) in [5.41, 5.74) is 0.224. The van der Waals surface area contributed by atoms with Crippen LogP contribution in [0.25, 0.3) is 0 Å². The van der Waals surface area contributed by atoms with Crippen molar-refractivity contribution in [1.29, 1.82) is 0 Å². The van der Waals surface area contributed by atoms with Gasteiger partial charge in [-0.1, -0.05) is 18.2 Å². The van der Waals surface area contributed by atoms with Gasteiger partial charge >= 0.3 is 6.18 Å². The Kier molecular flexibility index (Phi) is 3.96. The molecule has 1 atom stereocenters. The number of rotatable bonds is 2. The summed E-state index contributed by atoms with van der Waals surface area (Å²) in [5.74, 6) is -1.90. The summed E-state index contributed by atoms with van der Waals surface area (Å²) in [7, 11) is 0. The van der Waals surface area contributed by atoms with E-state index in [1.54, 1.807) is 24.3 Å². The predicted octanol–water partition coefficient (Wildman–Crippen LogP) is 3.16. The fourth-order valence-electron chi connectivity index (χ4n) is 2.53. The molecule has 2 aromatic rings. The Morgan fingerprint density at radius 1 is 1.25 bits per heavy atom. The zero-order valence-corrected chi connectivity index (χ0v) is 12.2. The van der Waals surface area contributed by atoms with Crippen LogP contribution in [0.1, 0.15) is 23.5 Å². The molecule has 1 aromatic heterocycles. The molecule has 0 fully saturated rings. The van der Waals surface area contributed by atoms with Crippen LogP contribution in [0.3, 0.4) is 0 Å². The molecule has 0 spiro atoms. The van der Waals surface area contributed by atoms with Crippen molar-refractivity contribution in [1.82, 2.24) is 4.98 Å². The second-order valence-corrected chi connectivity index (χ2v) is 5.31. The lowest BCUT2D eigenvalue weighted by Crippen LogP contribution is -2.31. The fourth-order valence-corrected chi connectivity index (χ4v) is 2.53. The first-order valence-corrected chi connectivity index (χ1v) is 7.07. The van der Waals surface area contributed by atoms with Crippen LogP contribution in [0.2, 0.25) is 0 Å². The van der Waals surface area contributed by atoms with Crippen LogP contribution in [-0.2, 0) is 15.8 Å². The second kappa shape index (κ2) is 5.95. The molecule has 5 nitrogen and oxygen atoms in total. The summed E-state index contributed by atoms with van der Waals surface area (Å²) < 4.78 is 38.1. The summed E-state index contributed by atoms with van der Waals surface area (Å²) in [6.45, 7) is 0. The maximum Gasteiger partial charge on any atom is 0.416 e. The van der Waals surface area contributed by atoms with Gasteiger partial charge in [0.1, 0.15) is 5.82 Å². The standard InChI is InChI=1S/C16H12F3N3O2/c17-16(18,19)9-5-6-20-13(7-9)22-15(24)11-8-14(23)21-12-4-2-1-3-10(11)12/h1-7,11H,8H2,(H,21,23)(H,20,22,24). The molecular weight excluding hydrogens is 323 g/mol. The first-order valence-electron chi connectivity index (χ1n) is 7.07. The fraction of sp³-hybridized carbons (Fsp3) is 0.188. The molecule has 1 aliphatic heterocycles. The van der Waals surface area contributed by atoms with Crippen molar-refractivity contribution in [2.45, 2.75) is 18.5 Å². The van der Waals surface area contributed by atoms with Crippen molar-refractivity contribution in [3.05, 3.63) is 53.7 Å². The minimum absolute atomic E-state index is 0.0815. The van der Waals surface area contributed by atoms with Gasteiger partial charge in [0.05, 0.1) is 11.5 Å². The van der Waals surface area contributed by atoms with E-state index in [0.29, 0.717) is 11.3 Å². The summed E-state index contributed by atoms with van der Waals surface area (Å²) >= 11 is 0. The van der Waals surface area contributed by atoms with Gasteiger partial charge < -0.3 is 10.6 Å². The van der Waals surface area contributed by atoms with Crippen LogP contribution in [0.15, 0.2) is 42.6 Å². The number of carbonyl (C=O) groups is 2. The highest BCUT2D eigenvalue weighted by molar-refractivity contribution is 6.04. The number of carbonyl (C=O) groups excluding carboxylic acids is 2. The van der Waals surface area contributed by atoms with Crippen molar-refractivity contribution in [3.63, 3.8) is 0 Å². The van der Waals surface area contributed by atoms with Crippen LogP contribution in [0.4, 0.5) is 24.7 Å². The molecule has 8 heteroatoms. The summed E-state index contributed by atoms with van der Waals surface area (Å²) in [5, 5.41) is 5.01. The molecule has 124 valence electrons. The largest absolute Gasteiger partial charge is 0.416 e. The molecule has 2 heterocycles. The normalized spacial score (nSPS) is 17.0. The summed E-state index contributed by atoms with van der Waals surface area (Å²) in [6, 6.07) is 8.37. The Bertz CT molecular complexity index is 805. The van der Waals surface area contributed by atoms with Gasteiger partial charge in [0.25, 0.3) is 0 Å².